The maximum Gasteiger partial charge on any atom is 0.410 e. The van der Waals surface area contributed by atoms with Gasteiger partial charge in [0, 0.05) is 24.3 Å². The molecule has 1 heterocycles. The molecule has 2 aromatic carbocycles. The van der Waals surface area contributed by atoms with E-state index in [0.29, 0.717) is 6.54 Å². The molecule has 1 amide bonds. The third kappa shape index (κ3) is 2.38. The minimum absolute atomic E-state index is 0.0259. The van der Waals surface area contributed by atoms with Gasteiger partial charge >= 0.3 is 12.1 Å². The van der Waals surface area contributed by atoms with E-state index in [1.54, 1.807) is 0 Å². The van der Waals surface area contributed by atoms with Gasteiger partial charge in [-0.1, -0.05) is 60.7 Å². The lowest BCUT2D eigenvalue weighted by Gasteiger charge is -2.25. The molecular formula is C22H19NO4. The molecular weight excluding hydrogens is 342 g/mol. The molecule has 0 bridgehead atoms. The Morgan fingerprint density at radius 1 is 1.00 bits per heavy atom. The molecule has 27 heavy (non-hydrogen) atoms. The summed E-state index contributed by atoms with van der Waals surface area (Å²) in [5.74, 6) is -0.961. The molecule has 2 aromatic rings. The second-order valence-corrected chi connectivity index (χ2v) is 7.37. The van der Waals surface area contributed by atoms with Crippen molar-refractivity contribution in [1.82, 2.24) is 4.90 Å². The fraction of sp³-hybridized carbons (Fsp3) is 0.273. The zero-order chi connectivity index (χ0) is 18.5. The van der Waals surface area contributed by atoms with Gasteiger partial charge < -0.3 is 9.84 Å². The Hall–Kier alpha value is -3.08. The number of nitrogens with zero attached hydrogens (tertiary/aromatic N) is 1. The van der Waals surface area contributed by atoms with Crippen LogP contribution < -0.4 is 0 Å². The number of carbonyl (C=O) groups excluding carboxylic acids is 1. The molecule has 1 saturated heterocycles. The van der Waals surface area contributed by atoms with Crippen molar-refractivity contribution in [2.75, 3.05) is 13.2 Å². The summed E-state index contributed by atoms with van der Waals surface area (Å²) < 4.78 is 5.62. The van der Waals surface area contributed by atoms with E-state index < -0.39 is 18.1 Å². The fourth-order valence-electron chi connectivity index (χ4n) is 4.63. The Morgan fingerprint density at radius 3 is 2.19 bits per heavy atom. The van der Waals surface area contributed by atoms with Gasteiger partial charge in [0.05, 0.1) is 0 Å². The van der Waals surface area contributed by atoms with Crippen molar-refractivity contribution in [2.24, 2.45) is 11.8 Å². The normalized spacial score (nSPS) is 24.7. The Kier molecular flexibility index (Phi) is 3.57. The number of benzene rings is 2. The molecule has 0 spiro atoms. The molecule has 3 unspecified atom stereocenters. The van der Waals surface area contributed by atoms with Gasteiger partial charge in [0.25, 0.3) is 0 Å². The zero-order valence-electron chi connectivity index (χ0n) is 14.6. The number of fused-ring (bicyclic) bond motifs is 4. The summed E-state index contributed by atoms with van der Waals surface area (Å²) in [6.07, 6.45) is 3.30. The highest BCUT2D eigenvalue weighted by atomic mass is 16.6. The van der Waals surface area contributed by atoms with Crippen molar-refractivity contribution in [3.05, 3.63) is 71.8 Å². The molecule has 5 rings (SSSR count). The van der Waals surface area contributed by atoms with Crippen LogP contribution in [0.3, 0.4) is 0 Å². The second-order valence-electron chi connectivity index (χ2n) is 7.37. The van der Waals surface area contributed by atoms with E-state index in [2.05, 4.69) is 24.3 Å². The Labute approximate surface area is 156 Å². The van der Waals surface area contributed by atoms with E-state index in [1.165, 1.54) is 16.0 Å². The summed E-state index contributed by atoms with van der Waals surface area (Å²) in [7, 11) is 0. The van der Waals surface area contributed by atoms with Gasteiger partial charge in [0.15, 0.2) is 0 Å². The second kappa shape index (κ2) is 5.98. The van der Waals surface area contributed by atoms with Crippen LogP contribution in [0.1, 0.15) is 17.0 Å². The molecule has 0 saturated carbocycles. The number of ether oxygens (including phenoxy) is 1. The standard InChI is InChI=1S/C22H19NO4/c24-21(25)20-14-10-9-13(14)11-23(20)22(26)27-12-19-17-7-3-1-5-15(17)16-6-2-4-8-18(16)19/h1-10,13-14,19-20H,11-12H2,(H,24,25). The van der Waals surface area contributed by atoms with E-state index in [1.807, 2.05) is 36.4 Å². The topological polar surface area (TPSA) is 66.8 Å². The van der Waals surface area contributed by atoms with Gasteiger partial charge in [-0.25, -0.2) is 9.59 Å². The number of hydrogen-bond acceptors (Lipinski definition) is 3. The van der Waals surface area contributed by atoms with Crippen molar-refractivity contribution in [2.45, 2.75) is 12.0 Å². The number of rotatable bonds is 3. The number of aliphatic carboxylic acids is 1. The molecule has 5 heteroatoms. The van der Waals surface area contributed by atoms with E-state index in [-0.39, 0.29) is 24.4 Å². The van der Waals surface area contributed by atoms with Crippen LogP contribution in [0.15, 0.2) is 60.7 Å². The molecule has 1 aliphatic heterocycles. The first-order chi connectivity index (χ1) is 13.1. The average Bonchev–Trinajstić information content (AvgIpc) is 3.12. The summed E-state index contributed by atoms with van der Waals surface area (Å²) >= 11 is 0. The van der Waals surface area contributed by atoms with Crippen LogP contribution in [0.4, 0.5) is 4.79 Å². The largest absolute Gasteiger partial charge is 0.480 e. The molecule has 0 aromatic heterocycles. The summed E-state index contributed by atoms with van der Waals surface area (Å²) in [5, 5.41) is 9.51. The fourth-order valence-corrected chi connectivity index (χ4v) is 4.63. The highest BCUT2D eigenvalue weighted by molar-refractivity contribution is 5.82. The summed E-state index contributed by atoms with van der Waals surface area (Å²) in [6.45, 7) is 0.618. The summed E-state index contributed by atoms with van der Waals surface area (Å²) in [4.78, 5) is 25.6. The SMILES string of the molecule is O=C(O)C1C2C=CC2CN1C(=O)OCC1c2ccccc2-c2ccccc21. The van der Waals surface area contributed by atoms with E-state index in [9.17, 15) is 14.7 Å². The minimum atomic E-state index is -0.972. The predicted octanol–water partition coefficient (Wildman–Crippen LogP) is 3.51. The molecule has 0 radical (unpaired) electrons. The highest BCUT2D eigenvalue weighted by Gasteiger charge is 2.49. The lowest BCUT2D eigenvalue weighted by molar-refractivity contribution is -0.142. The maximum absolute atomic E-state index is 12.7. The molecule has 136 valence electrons. The van der Waals surface area contributed by atoms with E-state index in [0.717, 1.165) is 11.1 Å². The lowest BCUT2D eigenvalue weighted by atomic mass is 9.81. The molecule has 3 aliphatic rings. The number of carboxylic acid groups (broad SMARTS) is 1. The Bertz CT molecular complexity index is 921. The van der Waals surface area contributed by atoms with Crippen LogP contribution in [0, 0.1) is 11.8 Å². The first kappa shape index (κ1) is 16.1. The van der Waals surface area contributed by atoms with Gasteiger partial charge in [0.1, 0.15) is 12.6 Å². The van der Waals surface area contributed by atoms with E-state index in [4.69, 9.17) is 4.74 Å². The van der Waals surface area contributed by atoms with Crippen molar-refractivity contribution in [1.29, 1.82) is 0 Å². The lowest BCUT2D eigenvalue weighted by Crippen LogP contribution is -2.43. The summed E-state index contributed by atoms with van der Waals surface area (Å²) in [6, 6.07) is 15.5. The number of carboxylic acids is 1. The van der Waals surface area contributed by atoms with Gasteiger partial charge in [-0.2, -0.15) is 0 Å². The van der Waals surface area contributed by atoms with E-state index >= 15 is 0 Å². The van der Waals surface area contributed by atoms with Crippen molar-refractivity contribution < 1.29 is 19.4 Å². The van der Waals surface area contributed by atoms with Gasteiger partial charge in [-0.3, -0.25) is 4.90 Å². The Morgan fingerprint density at radius 2 is 1.63 bits per heavy atom. The van der Waals surface area contributed by atoms with Crippen LogP contribution in [0.2, 0.25) is 0 Å². The molecule has 1 N–H and O–H groups in total. The third-order valence-electron chi connectivity index (χ3n) is 6.01. The number of carbonyl (C=O) groups is 2. The molecule has 1 fully saturated rings. The number of likely N-dealkylation sites (tertiary alicyclic amines) is 1. The van der Waals surface area contributed by atoms with Crippen molar-refractivity contribution >= 4 is 12.1 Å². The van der Waals surface area contributed by atoms with Crippen molar-refractivity contribution in [3.63, 3.8) is 0 Å². The van der Waals surface area contributed by atoms with Crippen LogP contribution in [-0.4, -0.2) is 41.3 Å². The van der Waals surface area contributed by atoms with Crippen LogP contribution in [-0.2, 0) is 9.53 Å². The Balaban J connectivity index is 1.36. The third-order valence-corrected chi connectivity index (χ3v) is 6.01. The number of hydrogen-bond donors (Lipinski definition) is 1. The molecule has 5 nitrogen and oxygen atoms in total. The first-order valence-electron chi connectivity index (χ1n) is 9.18. The van der Waals surface area contributed by atoms with Crippen molar-refractivity contribution in [3.8, 4) is 11.1 Å². The zero-order valence-corrected chi connectivity index (χ0v) is 14.6. The van der Waals surface area contributed by atoms with Crippen LogP contribution >= 0.6 is 0 Å². The monoisotopic (exact) mass is 361 g/mol. The predicted molar refractivity (Wildman–Crippen MR) is 99.3 cm³/mol. The first-order valence-corrected chi connectivity index (χ1v) is 9.18. The summed E-state index contributed by atoms with van der Waals surface area (Å²) in [5.41, 5.74) is 4.62. The quantitative estimate of drug-likeness (QED) is 0.850. The van der Waals surface area contributed by atoms with Gasteiger partial charge in [-0.05, 0) is 22.3 Å². The minimum Gasteiger partial charge on any atom is -0.480 e. The molecule has 2 aliphatic carbocycles. The number of amides is 1. The molecule has 3 atom stereocenters. The van der Waals surface area contributed by atoms with Crippen LogP contribution in [0.5, 0.6) is 0 Å². The highest BCUT2D eigenvalue weighted by Crippen LogP contribution is 2.45. The maximum atomic E-state index is 12.7. The average molecular weight is 361 g/mol. The van der Waals surface area contributed by atoms with Crippen LogP contribution in [0.25, 0.3) is 11.1 Å². The smallest absolute Gasteiger partial charge is 0.410 e. The van der Waals surface area contributed by atoms with Gasteiger partial charge in [0.2, 0.25) is 0 Å². The van der Waals surface area contributed by atoms with Gasteiger partial charge in [-0.15, -0.1) is 0 Å².